The molecule has 126 valence electrons. The third kappa shape index (κ3) is 2.10. The van der Waals surface area contributed by atoms with Gasteiger partial charge in [-0.25, -0.2) is 9.37 Å². The lowest BCUT2D eigenvalue weighted by atomic mass is 9.65. The molecule has 4 nitrogen and oxygen atoms in total. The number of hydrogen-bond donors (Lipinski definition) is 0. The average molecular weight is 354 g/mol. The van der Waals surface area contributed by atoms with E-state index in [4.69, 9.17) is 4.42 Å². The van der Waals surface area contributed by atoms with Crippen LogP contribution in [0.15, 0.2) is 47.2 Å². The third-order valence-electron chi connectivity index (χ3n) is 5.28. The highest BCUT2D eigenvalue weighted by molar-refractivity contribution is 7.17. The van der Waals surface area contributed by atoms with Crippen molar-refractivity contribution >= 4 is 22.9 Å². The molecule has 2 aliphatic rings. The van der Waals surface area contributed by atoms with E-state index in [1.807, 2.05) is 12.1 Å². The Morgan fingerprint density at radius 3 is 2.88 bits per heavy atom. The van der Waals surface area contributed by atoms with Gasteiger partial charge in [-0.05, 0) is 37.1 Å². The largest absolute Gasteiger partial charge is 0.462 e. The lowest BCUT2D eigenvalue weighted by Gasteiger charge is -2.38. The summed E-state index contributed by atoms with van der Waals surface area (Å²) in [4.78, 5) is 19.6. The average Bonchev–Trinajstić information content (AvgIpc) is 3.31. The predicted molar refractivity (Wildman–Crippen MR) is 93.4 cm³/mol. The zero-order valence-corrected chi connectivity index (χ0v) is 14.2. The Labute approximate surface area is 147 Å². The number of rotatable bonds is 2. The number of anilines is 1. The molecule has 0 radical (unpaired) electrons. The Bertz CT molecular complexity index is 960. The molecule has 2 aromatic heterocycles. The molecule has 1 spiro atoms. The van der Waals surface area contributed by atoms with Gasteiger partial charge >= 0.3 is 0 Å². The molecule has 1 fully saturated rings. The van der Waals surface area contributed by atoms with Crippen LogP contribution >= 0.6 is 11.3 Å². The number of halogens is 1. The van der Waals surface area contributed by atoms with Crippen LogP contribution in [0.25, 0.3) is 10.8 Å². The maximum atomic E-state index is 14.5. The predicted octanol–water partition coefficient (Wildman–Crippen LogP) is 4.62. The number of carbonyl (C=O) groups excluding carboxylic acids is 1. The van der Waals surface area contributed by atoms with E-state index in [2.05, 4.69) is 4.98 Å². The topological polar surface area (TPSA) is 46.3 Å². The zero-order chi connectivity index (χ0) is 17.0. The van der Waals surface area contributed by atoms with Crippen molar-refractivity contribution in [3.05, 3.63) is 59.0 Å². The molecule has 25 heavy (non-hydrogen) atoms. The van der Waals surface area contributed by atoms with Gasteiger partial charge in [-0.15, -0.1) is 11.3 Å². The van der Waals surface area contributed by atoms with Crippen molar-refractivity contribution < 1.29 is 13.6 Å². The Morgan fingerprint density at radius 2 is 2.16 bits per heavy atom. The molecule has 1 aliphatic heterocycles. The first-order valence-corrected chi connectivity index (χ1v) is 9.10. The fraction of sp³-hybridized carbons (Fsp3) is 0.263. The summed E-state index contributed by atoms with van der Waals surface area (Å²) in [5.74, 6) is 0.325. The van der Waals surface area contributed by atoms with E-state index in [1.54, 1.807) is 29.5 Å². The minimum Gasteiger partial charge on any atom is -0.462 e. The molecule has 3 aromatic rings. The number of benzene rings is 1. The Kier molecular flexibility index (Phi) is 3.12. The normalized spacial score (nSPS) is 17.6. The molecule has 0 N–H and O–H groups in total. The highest BCUT2D eigenvalue weighted by Crippen LogP contribution is 2.53. The number of fused-ring (bicyclic) bond motifs is 2. The van der Waals surface area contributed by atoms with Crippen LogP contribution in [0.5, 0.6) is 0 Å². The van der Waals surface area contributed by atoms with Gasteiger partial charge in [-0.3, -0.25) is 4.79 Å². The van der Waals surface area contributed by atoms with Crippen LogP contribution in [0.1, 0.15) is 34.5 Å². The summed E-state index contributed by atoms with van der Waals surface area (Å²) in [6, 6.07) is 8.62. The highest BCUT2D eigenvalue weighted by Gasteiger charge is 2.50. The SMILES string of the molecule is O=C(c1cnc(-c2ccco2)s1)N1CC2(CCC2)c2c(F)cccc21. The van der Waals surface area contributed by atoms with Gasteiger partial charge in [0.15, 0.2) is 10.8 Å². The fourth-order valence-corrected chi connectivity index (χ4v) is 4.78. The number of amides is 1. The van der Waals surface area contributed by atoms with Crippen LogP contribution in [0.2, 0.25) is 0 Å². The molecule has 0 saturated heterocycles. The van der Waals surface area contributed by atoms with Crippen LogP contribution in [-0.2, 0) is 5.41 Å². The van der Waals surface area contributed by atoms with Crippen LogP contribution in [-0.4, -0.2) is 17.4 Å². The quantitative estimate of drug-likeness (QED) is 0.674. The Morgan fingerprint density at radius 1 is 1.28 bits per heavy atom. The number of thiazole rings is 1. The summed E-state index contributed by atoms with van der Waals surface area (Å²) in [5, 5.41) is 0.672. The van der Waals surface area contributed by atoms with Crippen molar-refractivity contribution in [3.8, 4) is 10.8 Å². The second-order valence-corrected chi connectivity index (χ2v) is 7.70. The zero-order valence-electron chi connectivity index (χ0n) is 13.4. The van der Waals surface area contributed by atoms with Crippen LogP contribution < -0.4 is 4.90 Å². The fourth-order valence-electron chi connectivity index (χ4n) is 3.94. The second kappa shape index (κ2) is 5.26. The van der Waals surface area contributed by atoms with Crippen molar-refractivity contribution in [2.45, 2.75) is 24.7 Å². The van der Waals surface area contributed by atoms with E-state index < -0.39 is 0 Å². The van der Waals surface area contributed by atoms with E-state index >= 15 is 0 Å². The van der Waals surface area contributed by atoms with Crippen LogP contribution in [0, 0.1) is 5.82 Å². The molecule has 0 unspecified atom stereocenters. The monoisotopic (exact) mass is 354 g/mol. The minimum absolute atomic E-state index is 0.120. The third-order valence-corrected chi connectivity index (χ3v) is 6.28. The highest BCUT2D eigenvalue weighted by atomic mass is 32.1. The van der Waals surface area contributed by atoms with Gasteiger partial charge in [0.1, 0.15) is 10.7 Å². The van der Waals surface area contributed by atoms with Crippen molar-refractivity contribution in [1.29, 1.82) is 0 Å². The summed E-state index contributed by atoms with van der Waals surface area (Å²) in [5.41, 5.74) is 1.22. The molecule has 6 heteroatoms. The summed E-state index contributed by atoms with van der Waals surface area (Å²) in [6.07, 6.45) is 6.11. The van der Waals surface area contributed by atoms with E-state index in [-0.39, 0.29) is 17.1 Å². The molecule has 1 saturated carbocycles. The van der Waals surface area contributed by atoms with E-state index in [0.717, 1.165) is 19.3 Å². The number of nitrogens with zero attached hydrogens (tertiary/aromatic N) is 2. The smallest absolute Gasteiger partial charge is 0.270 e. The molecule has 0 bridgehead atoms. The van der Waals surface area contributed by atoms with E-state index in [0.29, 0.717) is 33.4 Å². The maximum Gasteiger partial charge on any atom is 0.270 e. The first-order valence-electron chi connectivity index (χ1n) is 8.29. The molecular weight excluding hydrogens is 339 g/mol. The van der Waals surface area contributed by atoms with Gasteiger partial charge in [-0.1, -0.05) is 12.5 Å². The lowest BCUT2D eigenvalue weighted by molar-refractivity contribution is 0.0982. The number of furan rings is 1. The van der Waals surface area contributed by atoms with Gasteiger partial charge in [-0.2, -0.15) is 0 Å². The maximum absolute atomic E-state index is 14.5. The molecule has 1 aromatic carbocycles. The molecule has 0 atom stereocenters. The van der Waals surface area contributed by atoms with Crippen molar-refractivity contribution in [2.75, 3.05) is 11.4 Å². The van der Waals surface area contributed by atoms with Gasteiger partial charge in [0.25, 0.3) is 5.91 Å². The van der Waals surface area contributed by atoms with Crippen molar-refractivity contribution in [3.63, 3.8) is 0 Å². The number of hydrogen-bond acceptors (Lipinski definition) is 4. The molecule has 1 amide bonds. The Hall–Kier alpha value is -2.47. The van der Waals surface area contributed by atoms with E-state index in [1.165, 1.54) is 17.4 Å². The molecule has 1 aliphatic carbocycles. The summed E-state index contributed by atoms with van der Waals surface area (Å²) in [6.45, 7) is 0.552. The molecule has 3 heterocycles. The van der Waals surface area contributed by atoms with Gasteiger partial charge in [0, 0.05) is 17.5 Å². The number of aromatic nitrogens is 1. The second-order valence-electron chi connectivity index (χ2n) is 6.67. The van der Waals surface area contributed by atoms with Gasteiger partial charge < -0.3 is 9.32 Å². The molecular formula is C19H15FN2O2S. The molecule has 5 rings (SSSR count). The van der Waals surface area contributed by atoms with Crippen LogP contribution in [0.4, 0.5) is 10.1 Å². The van der Waals surface area contributed by atoms with Crippen molar-refractivity contribution in [1.82, 2.24) is 4.98 Å². The lowest BCUT2D eigenvalue weighted by Crippen LogP contribution is -2.41. The summed E-state index contributed by atoms with van der Waals surface area (Å²) < 4.78 is 19.8. The summed E-state index contributed by atoms with van der Waals surface area (Å²) in [7, 11) is 0. The standard InChI is InChI=1S/C19H15FN2O2S/c20-12-4-1-5-13-16(12)19(7-3-8-19)11-22(13)18(23)15-10-21-17(25-15)14-6-2-9-24-14/h1-2,4-6,9-10H,3,7-8,11H2. The van der Waals surface area contributed by atoms with Crippen LogP contribution in [0.3, 0.4) is 0 Å². The van der Waals surface area contributed by atoms with Gasteiger partial charge in [0.2, 0.25) is 0 Å². The Balaban J connectivity index is 1.52. The summed E-state index contributed by atoms with van der Waals surface area (Å²) >= 11 is 1.30. The first-order chi connectivity index (χ1) is 12.2. The minimum atomic E-state index is -0.204. The van der Waals surface area contributed by atoms with Gasteiger partial charge in [0.05, 0.1) is 18.1 Å². The van der Waals surface area contributed by atoms with E-state index in [9.17, 15) is 9.18 Å². The number of carbonyl (C=O) groups is 1. The first kappa shape index (κ1) is 14.8. The van der Waals surface area contributed by atoms with Crippen molar-refractivity contribution in [2.24, 2.45) is 0 Å².